The number of sulfonamides is 1. The van der Waals surface area contributed by atoms with Crippen LogP contribution in [0.15, 0.2) is 83.8 Å². The number of benzene rings is 3. The van der Waals surface area contributed by atoms with Crippen LogP contribution in [0.4, 0.5) is 0 Å². The van der Waals surface area contributed by atoms with Gasteiger partial charge in [-0.25, -0.2) is 8.42 Å². The average molecular weight is 487 g/mol. The number of carbonyl (C=O) groups excluding carboxylic acids is 1. The third-order valence-corrected chi connectivity index (χ3v) is 7.33. The van der Waals surface area contributed by atoms with Crippen molar-refractivity contribution in [3.8, 4) is 0 Å². The van der Waals surface area contributed by atoms with E-state index in [2.05, 4.69) is 5.32 Å². The molecule has 0 bridgehead atoms. The standard InChI is InChI=1S/C25H27ClN2O4S/c1-2-23(18-29)27-25(30)21-10-8-20(9-11-21)17-28(16-19-6-4-3-5-7-19)33(31,32)24-14-12-22(26)13-15-24/h3-15,23,29H,2,16-18H2,1H3,(H,27,30). The highest BCUT2D eigenvalue weighted by Gasteiger charge is 2.25. The number of hydrogen-bond donors (Lipinski definition) is 2. The molecule has 0 radical (unpaired) electrons. The van der Waals surface area contributed by atoms with Crippen LogP contribution in [0, 0.1) is 0 Å². The first-order valence-electron chi connectivity index (χ1n) is 10.6. The molecule has 174 valence electrons. The molecule has 0 heterocycles. The quantitative estimate of drug-likeness (QED) is 0.449. The van der Waals surface area contributed by atoms with E-state index in [1.165, 1.54) is 16.4 Å². The van der Waals surface area contributed by atoms with Crippen LogP contribution in [-0.2, 0) is 23.1 Å². The Bertz CT molecular complexity index is 1150. The monoisotopic (exact) mass is 486 g/mol. The fourth-order valence-electron chi connectivity index (χ4n) is 3.28. The van der Waals surface area contributed by atoms with Crippen molar-refractivity contribution >= 4 is 27.5 Å². The summed E-state index contributed by atoms with van der Waals surface area (Å²) in [5.41, 5.74) is 2.05. The first-order valence-corrected chi connectivity index (χ1v) is 12.5. The molecule has 0 aliphatic rings. The Labute approximate surface area is 199 Å². The maximum Gasteiger partial charge on any atom is 0.251 e. The van der Waals surface area contributed by atoms with E-state index < -0.39 is 10.0 Å². The van der Waals surface area contributed by atoms with Crippen LogP contribution in [0.2, 0.25) is 5.02 Å². The number of rotatable bonds is 10. The number of nitrogens with one attached hydrogen (secondary N) is 1. The van der Waals surface area contributed by atoms with Crippen molar-refractivity contribution in [3.63, 3.8) is 0 Å². The van der Waals surface area contributed by atoms with Gasteiger partial charge in [0.1, 0.15) is 0 Å². The van der Waals surface area contributed by atoms with Crippen molar-refractivity contribution in [2.75, 3.05) is 6.61 Å². The second kappa shape index (κ2) is 11.4. The molecule has 1 unspecified atom stereocenters. The predicted molar refractivity (Wildman–Crippen MR) is 129 cm³/mol. The lowest BCUT2D eigenvalue weighted by molar-refractivity contribution is 0.0915. The molecule has 0 fully saturated rings. The van der Waals surface area contributed by atoms with E-state index in [1.807, 2.05) is 37.3 Å². The van der Waals surface area contributed by atoms with Gasteiger partial charge in [0, 0.05) is 23.7 Å². The third-order valence-electron chi connectivity index (χ3n) is 5.28. The van der Waals surface area contributed by atoms with Crippen molar-refractivity contribution in [1.29, 1.82) is 0 Å². The van der Waals surface area contributed by atoms with Crippen molar-refractivity contribution in [2.24, 2.45) is 0 Å². The van der Waals surface area contributed by atoms with E-state index in [0.717, 1.165) is 11.1 Å². The summed E-state index contributed by atoms with van der Waals surface area (Å²) in [5.74, 6) is -0.280. The van der Waals surface area contributed by atoms with Crippen LogP contribution < -0.4 is 5.32 Å². The normalized spacial score (nSPS) is 12.5. The topological polar surface area (TPSA) is 86.7 Å². The lowest BCUT2D eigenvalue weighted by atomic mass is 10.1. The van der Waals surface area contributed by atoms with Gasteiger partial charge in [-0.15, -0.1) is 0 Å². The molecule has 33 heavy (non-hydrogen) atoms. The van der Waals surface area contributed by atoms with Crippen LogP contribution in [0.5, 0.6) is 0 Å². The fraction of sp³-hybridized carbons (Fsp3) is 0.240. The van der Waals surface area contributed by atoms with E-state index >= 15 is 0 Å². The zero-order valence-corrected chi connectivity index (χ0v) is 19.9. The summed E-state index contributed by atoms with van der Waals surface area (Å²) in [4.78, 5) is 12.5. The van der Waals surface area contributed by atoms with Gasteiger partial charge in [-0.3, -0.25) is 4.79 Å². The Hall–Kier alpha value is -2.71. The molecule has 6 nitrogen and oxygen atoms in total. The zero-order chi connectivity index (χ0) is 23.8. The number of aliphatic hydroxyl groups is 1. The summed E-state index contributed by atoms with van der Waals surface area (Å²) in [6, 6.07) is 22.0. The predicted octanol–water partition coefficient (Wildman–Crippen LogP) is 4.23. The molecule has 0 saturated heterocycles. The van der Waals surface area contributed by atoms with Crippen LogP contribution in [0.1, 0.15) is 34.8 Å². The van der Waals surface area contributed by atoms with Gasteiger partial charge in [0.25, 0.3) is 5.91 Å². The van der Waals surface area contributed by atoms with Gasteiger partial charge in [0.05, 0.1) is 17.5 Å². The molecule has 0 aromatic heterocycles. The molecule has 8 heteroatoms. The van der Waals surface area contributed by atoms with Crippen LogP contribution in [-0.4, -0.2) is 36.4 Å². The summed E-state index contributed by atoms with van der Waals surface area (Å²) in [7, 11) is -3.80. The van der Waals surface area contributed by atoms with Crippen molar-refractivity contribution in [2.45, 2.75) is 37.4 Å². The molecule has 3 aromatic rings. The molecule has 1 atom stereocenters. The minimum absolute atomic E-state index is 0.128. The fourth-order valence-corrected chi connectivity index (χ4v) is 4.82. The first kappa shape index (κ1) is 24.9. The number of aliphatic hydroxyl groups excluding tert-OH is 1. The molecular weight excluding hydrogens is 460 g/mol. The number of hydrogen-bond acceptors (Lipinski definition) is 4. The largest absolute Gasteiger partial charge is 0.394 e. The van der Waals surface area contributed by atoms with Crippen LogP contribution in [0.3, 0.4) is 0 Å². The van der Waals surface area contributed by atoms with Crippen LogP contribution >= 0.6 is 11.6 Å². The number of nitrogens with zero attached hydrogens (tertiary/aromatic N) is 1. The number of carbonyl (C=O) groups is 1. The van der Waals surface area contributed by atoms with E-state index in [9.17, 15) is 18.3 Å². The summed E-state index contributed by atoms with van der Waals surface area (Å²) < 4.78 is 28.2. The highest BCUT2D eigenvalue weighted by Crippen LogP contribution is 2.23. The second-order valence-corrected chi connectivity index (χ2v) is 10.0. The summed E-state index contributed by atoms with van der Waals surface area (Å²) in [6.45, 7) is 2.09. The van der Waals surface area contributed by atoms with Gasteiger partial charge in [-0.1, -0.05) is 61.0 Å². The van der Waals surface area contributed by atoms with Gasteiger partial charge >= 0.3 is 0 Å². The second-order valence-electron chi connectivity index (χ2n) is 7.67. The van der Waals surface area contributed by atoms with Crippen LogP contribution in [0.25, 0.3) is 0 Å². The van der Waals surface area contributed by atoms with Gasteiger partial charge < -0.3 is 10.4 Å². The Kier molecular flexibility index (Phi) is 8.63. The highest BCUT2D eigenvalue weighted by atomic mass is 35.5. The summed E-state index contributed by atoms with van der Waals surface area (Å²) in [5, 5.41) is 12.5. The number of amides is 1. The van der Waals surface area contributed by atoms with Gasteiger partial charge in [0.2, 0.25) is 10.0 Å². The average Bonchev–Trinajstić information content (AvgIpc) is 2.83. The van der Waals surface area contributed by atoms with E-state index in [1.54, 1.807) is 36.4 Å². The third kappa shape index (κ3) is 6.65. The van der Waals surface area contributed by atoms with Gasteiger partial charge in [-0.2, -0.15) is 4.31 Å². The Morgan fingerprint density at radius 2 is 1.52 bits per heavy atom. The molecule has 3 rings (SSSR count). The molecule has 1 amide bonds. The number of halogens is 1. The summed E-state index contributed by atoms with van der Waals surface area (Å²) in [6.07, 6.45) is 0.622. The Morgan fingerprint density at radius 1 is 0.939 bits per heavy atom. The highest BCUT2D eigenvalue weighted by molar-refractivity contribution is 7.89. The lowest BCUT2D eigenvalue weighted by Crippen LogP contribution is -2.36. The molecule has 2 N–H and O–H groups in total. The smallest absolute Gasteiger partial charge is 0.251 e. The van der Waals surface area contributed by atoms with Crippen molar-refractivity contribution < 1.29 is 18.3 Å². The molecule has 0 aliphatic heterocycles. The Balaban J connectivity index is 1.84. The minimum atomic E-state index is -3.80. The molecular formula is C25H27ClN2O4S. The summed E-state index contributed by atoms with van der Waals surface area (Å²) >= 11 is 5.94. The molecule has 3 aromatic carbocycles. The Morgan fingerprint density at radius 3 is 2.06 bits per heavy atom. The molecule has 0 aliphatic carbocycles. The maximum absolute atomic E-state index is 13.4. The van der Waals surface area contributed by atoms with E-state index in [4.69, 9.17) is 11.6 Å². The van der Waals surface area contributed by atoms with Crippen molar-refractivity contribution in [3.05, 3.63) is 101 Å². The van der Waals surface area contributed by atoms with Gasteiger partial charge in [0.15, 0.2) is 0 Å². The van der Waals surface area contributed by atoms with E-state index in [0.29, 0.717) is 17.0 Å². The zero-order valence-electron chi connectivity index (χ0n) is 18.3. The minimum Gasteiger partial charge on any atom is -0.394 e. The first-order chi connectivity index (χ1) is 15.8. The van der Waals surface area contributed by atoms with Crippen molar-refractivity contribution in [1.82, 2.24) is 9.62 Å². The SMILES string of the molecule is CCC(CO)NC(=O)c1ccc(CN(Cc2ccccc2)S(=O)(=O)c2ccc(Cl)cc2)cc1. The lowest BCUT2D eigenvalue weighted by Gasteiger charge is -2.23. The van der Waals surface area contributed by atoms with Gasteiger partial charge in [-0.05, 0) is 53.9 Å². The van der Waals surface area contributed by atoms with E-state index in [-0.39, 0.29) is 36.5 Å². The molecule has 0 spiro atoms. The maximum atomic E-state index is 13.4. The molecule has 0 saturated carbocycles.